The number of anilines is 2. The predicted octanol–water partition coefficient (Wildman–Crippen LogP) is -0.829. The molecule has 0 spiro atoms. The minimum Gasteiger partial charge on any atom is -0.395 e. The number of nitrogens with one attached hydrogen (secondary N) is 1. The molecule has 6 nitrogen and oxygen atoms in total. The predicted molar refractivity (Wildman–Crippen MR) is 54.2 cm³/mol. The van der Waals surface area contributed by atoms with E-state index in [9.17, 15) is 4.79 Å². The van der Waals surface area contributed by atoms with Gasteiger partial charge in [0.2, 0.25) is 0 Å². The van der Waals surface area contributed by atoms with Crippen LogP contribution < -0.4 is 16.2 Å². The van der Waals surface area contributed by atoms with Crippen LogP contribution in [0.4, 0.5) is 11.5 Å². The topological polar surface area (TPSA) is 95.2 Å². The molecule has 0 aliphatic rings. The number of aromatic amines is 1. The molecule has 4 N–H and O–H groups in total. The van der Waals surface area contributed by atoms with E-state index in [-0.39, 0.29) is 17.9 Å². The number of aliphatic hydroxyl groups excluding tert-OH is 1. The summed E-state index contributed by atoms with van der Waals surface area (Å²) >= 11 is 0. The average molecular weight is 198 g/mol. The van der Waals surface area contributed by atoms with Crippen LogP contribution in [0.25, 0.3) is 0 Å². The summed E-state index contributed by atoms with van der Waals surface area (Å²) in [6.45, 7) is 2.96. The van der Waals surface area contributed by atoms with Gasteiger partial charge in [-0.25, -0.2) is 4.98 Å². The second kappa shape index (κ2) is 4.61. The Hall–Kier alpha value is -1.56. The van der Waals surface area contributed by atoms with Gasteiger partial charge >= 0.3 is 0 Å². The lowest BCUT2D eigenvalue weighted by Gasteiger charge is -2.21. The smallest absolute Gasteiger partial charge is 0.276 e. The zero-order valence-corrected chi connectivity index (χ0v) is 8.03. The SMILES string of the molecule is CCN(CCO)c1nc[nH]c(=O)c1N. The van der Waals surface area contributed by atoms with Crippen LogP contribution in [0.1, 0.15) is 6.92 Å². The van der Waals surface area contributed by atoms with Gasteiger partial charge in [-0.05, 0) is 6.92 Å². The maximum Gasteiger partial charge on any atom is 0.276 e. The van der Waals surface area contributed by atoms with Crippen LogP contribution >= 0.6 is 0 Å². The summed E-state index contributed by atoms with van der Waals surface area (Å²) in [6, 6.07) is 0. The molecule has 0 aliphatic heterocycles. The number of hydrogen-bond donors (Lipinski definition) is 3. The Balaban J connectivity index is 3.03. The maximum atomic E-state index is 11.2. The van der Waals surface area contributed by atoms with Gasteiger partial charge in [0.05, 0.1) is 12.9 Å². The molecule has 0 aliphatic carbocycles. The molecule has 0 bridgehead atoms. The fraction of sp³-hybridized carbons (Fsp3) is 0.500. The van der Waals surface area contributed by atoms with Crippen molar-refractivity contribution in [1.29, 1.82) is 0 Å². The molecule has 6 heteroatoms. The normalized spacial score (nSPS) is 10.1. The van der Waals surface area contributed by atoms with Crippen LogP contribution in [-0.4, -0.2) is 34.8 Å². The third-order valence-corrected chi connectivity index (χ3v) is 1.92. The van der Waals surface area contributed by atoms with E-state index in [4.69, 9.17) is 10.8 Å². The largest absolute Gasteiger partial charge is 0.395 e. The van der Waals surface area contributed by atoms with Crippen molar-refractivity contribution < 1.29 is 5.11 Å². The van der Waals surface area contributed by atoms with Crippen molar-refractivity contribution in [3.05, 3.63) is 16.7 Å². The van der Waals surface area contributed by atoms with Crippen molar-refractivity contribution in [2.45, 2.75) is 6.92 Å². The Bertz CT molecular complexity index is 349. The number of nitrogens with zero attached hydrogens (tertiary/aromatic N) is 2. The van der Waals surface area contributed by atoms with E-state index in [2.05, 4.69) is 9.97 Å². The first-order chi connectivity index (χ1) is 6.70. The van der Waals surface area contributed by atoms with Crippen molar-refractivity contribution in [2.24, 2.45) is 0 Å². The molecule has 0 saturated carbocycles. The van der Waals surface area contributed by atoms with Crippen LogP contribution in [0.3, 0.4) is 0 Å². The number of likely N-dealkylation sites (N-methyl/N-ethyl adjacent to an activating group) is 1. The van der Waals surface area contributed by atoms with Gasteiger partial charge in [0.1, 0.15) is 5.69 Å². The first-order valence-electron chi connectivity index (χ1n) is 4.39. The van der Waals surface area contributed by atoms with Gasteiger partial charge in [0.15, 0.2) is 5.82 Å². The summed E-state index contributed by atoms with van der Waals surface area (Å²) in [5.74, 6) is 0.422. The van der Waals surface area contributed by atoms with E-state index in [1.165, 1.54) is 6.33 Å². The van der Waals surface area contributed by atoms with Gasteiger partial charge in [0.25, 0.3) is 5.56 Å². The number of aliphatic hydroxyl groups is 1. The summed E-state index contributed by atoms with van der Waals surface area (Å²) in [6.07, 6.45) is 1.30. The molecule has 78 valence electrons. The molecule has 0 unspecified atom stereocenters. The van der Waals surface area contributed by atoms with Crippen LogP contribution in [-0.2, 0) is 0 Å². The van der Waals surface area contributed by atoms with E-state index in [0.717, 1.165) is 0 Å². The second-order valence-electron chi connectivity index (χ2n) is 2.77. The first-order valence-corrected chi connectivity index (χ1v) is 4.39. The fourth-order valence-electron chi connectivity index (χ4n) is 1.19. The molecule has 0 fully saturated rings. The summed E-state index contributed by atoms with van der Waals surface area (Å²) in [5, 5.41) is 8.79. The highest BCUT2D eigenvalue weighted by Crippen LogP contribution is 2.13. The molecule has 0 saturated heterocycles. The van der Waals surface area contributed by atoms with E-state index in [1.807, 2.05) is 6.92 Å². The second-order valence-corrected chi connectivity index (χ2v) is 2.77. The van der Waals surface area contributed by atoms with Crippen molar-refractivity contribution in [2.75, 3.05) is 30.3 Å². The lowest BCUT2D eigenvalue weighted by molar-refractivity contribution is 0.302. The van der Waals surface area contributed by atoms with E-state index >= 15 is 0 Å². The van der Waals surface area contributed by atoms with Crippen molar-refractivity contribution in [3.63, 3.8) is 0 Å². The third kappa shape index (κ3) is 2.02. The summed E-state index contributed by atoms with van der Waals surface area (Å²) in [7, 11) is 0. The van der Waals surface area contributed by atoms with Crippen molar-refractivity contribution in [3.8, 4) is 0 Å². The van der Waals surface area contributed by atoms with Gasteiger partial charge in [-0.15, -0.1) is 0 Å². The molecule has 1 aromatic heterocycles. The quantitative estimate of drug-likeness (QED) is 0.587. The van der Waals surface area contributed by atoms with Gasteiger partial charge in [-0.1, -0.05) is 0 Å². The molecule has 0 aromatic carbocycles. The zero-order valence-electron chi connectivity index (χ0n) is 8.03. The van der Waals surface area contributed by atoms with E-state index in [1.54, 1.807) is 4.90 Å². The summed E-state index contributed by atoms with van der Waals surface area (Å²) in [4.78, 5) is 19.2. The lowest BCUT2D eigenvalue weighted by Crippen LogP contribution is -2.30. The summed E-state index contributed by atoms with van der Waals surface area (Å²) < 4.78 is 0. The Morgan fingerprint density at radius 2 is 2.43 bits per heavy atom. The Kier molecular flexibility index (Phi) is 3.47. The number of nitrogens with two attached hydrogens (primary N) is 1. The van der Waals surface area contributed by atoms with Crippen LogP contribution in [0.5, 0.6) is 0 Å². The standard InChI is InChI=1S/C8H14N4O2/c1-2-12(3-4-13)7-6(9)8(14)11-5-10-7/h5,13H,2-4,9H2,1H3,(H,10,11,14). The first kappa shape index (κ1) is 10.5. The molecule has 14 heavy (non-hydrogen) atoms. The Morgan fingerprint density at radius 3 is 3.00 bits per heavy atom. The molecule has 0 atom stereocenters. The minimum absolute atomic E-state index is 0.00175. The van der Waals surface area contributed by atoms with Gasteiger partial charge in [-0.3, -0.25) is 4.79 Å². The molecular weight excluding hydrogens is 184 g/mol. The van der Waals surface area contributed by atoms with Gasteiger partial charge in [-0.2, -0.15) is 0 Å². The van der Waals surface area contributed by atoms with E-state index in [0.29, 0.717) is 18.9 Å². The number of hydrogen-bond acceptors (Lipinski definition) is 5. The maximum absolute atomic E-state index is 11.2. The fourth-order valence-corrected chi connectivity index (χ4v) is 1.19. The van der Waals surface area contributed by atoms with Crippen molar-refractivity contribution in [1.82, 2.24) is 9.97 Å². The molecule has 1 heterocycles. The number of rotatable bonds is 4. The molecule has 1 rings (SSSR count). The zero-order chi connectivity index (χ0) is 10.6. The monoisotopic (exact) mass is 198 g/mol. The molecular formula is C8H14N4O2. The molecule has 1 aromatic rings. The molecule has 0 radical (unpaired) electrons. The molecule has 0 amide bonds. The minimum atomic E-state index is -0.355. The average Bonchev–Trinajstić information content (AvgIpc) is 2.19. The van der Waals surface area contributed by atoms with Crippen LogP contribution in [0.2, 0.25) is 0 Å². The third-order valence-electron chi connectivity index (χ3n) is 1.92. The number of nitrogen functional groups attached to an aromatic ring is 1. The Labute approximate surface area is 81.4 Å². The number of H-pyrrole nitrogens is 1. The highest BCUT2D eigenvalue weighted by atomic mass is 16.3. The van der Waals surface area contributed by atoms with Crippen LogP contribution in [0, 0.1) is 0 Å². The number of aromatic nitrogens is 2. The highest BCUT2D eigenvalue weighted by molar-refractivity contribution is 5.60. The van der Waals surface area contributed by atoms with Crippen LogP contribution in [0.15, 0.2) is 11.1 Å². The van der Waals surface area contributed by atoms with Crippen molar-refractivity contribution >= 4 is 11.5 Å². The highest BCUT2D eigenvalue weighted by Gasteiger charge is 2.10. The van der Waals surface area contributed by atoms with Gasteiger partial charge < -0.3 is 20.7 Å². The van der Waals surface area contributed by atoms with E-state index < -0.39 is 0 Å². The lowest BCUT2D eigenvalue weighted by atomic mass is 10.4. The van der Waals surface area contributed by atoms with Gasteiger partial charge in [0, 0.05) is 13.1 Å². The Morgan fingerprint density at radius 1 is 1.71 bits per heavy atom. The summed E-state index contributed by atoms with van der Waals surface area (Å²) in [5.41, 5.74) is 5.29.